The Kier molecular flexibility index (Phi) is 2.47. The summed E-state index contributed by atoms with van der Waals surface area (Å²) in [7, 11) is 0. The first-order chi connectivity index (χ1) is 5.59. The van der Waals surface area contributed by atoms with Crippen molar-refractivity contribution in [3.63, 3.8) is 0 Å². The van der Waals surface area contributed by atoms with Gasteiger partial charge in [-0.3, -0.25) is 4.79 Å². The van der Waals surface area contributed by atoms with E-state index in [-0.39, 0.29) is 11.4 Å². The first-order valence-electron chi connectivity index (χ1n) is 3.93. The van der Waals surface area contributed by atoms with Crippen molar-refractivity contribution in [3.05, 3.63) is 22.2 Å². The molecule has 0 radical (unpaired) electrons. The number of hydrogen-bond donors (Lipinski definition) is 2. The number of anilines is 1. The first-order valence-corrected chi connectivity index (χ1v) is 3.93. The predicted molar refractivity (Wildman–Crippen MR) is 47.8 cm³/mol. The average molecular weight is 167 g/mol. The van der Waals surface area contributed by atoms with E-state index in [1.165, 1.54) is 0 Å². The Balaban J connectivity index is 2.90. The van der Waals surface area contributed by atoms with Crippen LogP contribution in [0.25, 0.3) is 0 Å². The van der Waals surface area contributed by atoms with E-state index in [0.29, 0.717) is 5.92 Å². The number of aromatic amines is 1. The van der Waals surface area contributed by atoms with Gasteiger partial charge in [0.15, 0.2) is 5.82 Å². The Morgan fingerprint density at radius 1 is 1.67 bits per heavy atom. The van der Waals surface area contributed by atoms with Crippen LogP contribution in [-0.4, -0.2) is 9.97 Å². The molecule has 0 aromatic carbocycles. The number of nitrogens with two attached hydrogens (primary N) is 1. The molecular formula is C8H13N3O. The first kappa shape index (κ1) is 8.77. The van der Waals surface area contributed by atoms with Gasteiger partial charge >= 0.3 is 0 Å². The molecule has 0 aliphatic heterocycles. The molecule has 0 aliphatic rings. The molecule has 1 heterocycles. The van der Waals surface area contributed by atoms with Crippen LogP contribution in [0.2, 0.25) is 0 Å². The Labute approximate surface area is 70.8 Å². The minimum Gasteiger partial charge on any atom is -0.379 e. The quantitative estimate of drug-likeness (QED) is 0.675. The lowest BCUT2D eigenvalue weighted by atomic mass is 10.1. The summed E-state index contributed by atoms with van der Waals surface area (Å²) in [5.41, 5.74) is 5.80. The van der Waals surface area contributed by atoms with E-state index in [2.05, 4.69) is 23.8 Å². The van der Waals surface area contributed by atoms with Crippen LogP contribution in [0.3, 0.4) is 0 Å². The molecule has 0 saturated carbocycles. The number of H-pyrrole nitrogens is 1. The lowest BCUT2D eigenvalue weighted by molar-refractivity contribution is 0.632. The highest BCUT2D eigenvalue weighted by Gasteiger charge is 2.00. The van der Waals surface area contributed by atoms with E-state index in [0.717, 1.165) is 12.1 Å². The normalized spacial score (nSPS) is 10.6. The molecule has 4 heteroatoms. The molecule has 0 saturated heterocycles. The van der Waals surface area contributed by atoms with Crippen LogP contribution in [0.4, 0.5) is 5.82 Å². The molecule has 0 spiro atoms. The maximum Gasteiger partial charge on any atom is 0.290 e. The average Bonchev–Trinajstić information content (AvgIpc) is 1.96. The van der Waals surface area contributed by atoms with E-state index in [1.807, 2.05) is 0 Å². The Morgan fingerprint density at radius 2 is 2.33 bits per heavy atom. The largest absolute Gasteiger partial charge is 0.379 e. The SMILES string of the molecule is CC(C)Cc1cnc(N)c(=O)[nH]1. The van der Waals surface area contributed by atoms with Crippen LogP contribution in [-0.2, 0) is 6.42 Å². The van der Waals surface area contributed by atoms with Crippen LogP contribution in [0, 0.1) is 5.92 Å². The smallest absolute Gasteiger partial charge is 0.290 e. The highest BCUT2D eigenvalue weighted by Crippen LogP contribution is 2.01. The molecule has 66 valence electrons. The van der Waals surface area contributed by atoms with Crippen LogP contribution < -0.4 is 11.3 Å². The number of hydrogen-bond acceptors (Lipinski definition) is 3. The molecule has 0 atom stereocenters. The zero-order valence-electron chi connectivity index (χ0n) is 7.29. The minimum absolute atomic E-state index is 0.0301. The van der Waals surface area contributed by atoms with Gasteiger partial charge in [0, 0.05) is 11.9 Å². The molecule has 12 heavy (non-hydrogen) atoms. The number of nitrogens with zero attached hydrogens (tertiary/aromatic N) is 1. The molecule has 0 bridgehead atoms. The number of nitrogen functional groups attached to an aromatic ring is 1. The summed E-state index contributed by atoms with van der Waals surface area (Å²) < 4.78 is 0. The Morgan fingerprint density at radius 3 is 2.83 bits per heavy atom. The van der Waals surface area contributed by atoms with Crippen LogP contribution in [0.15, 0.2) is 11.0 Å². The number of nitrogens with one attached hydrogen (secondary N) is 1. The van der Waals surface area contributed by atoms with Gasteiger partial charge in [-0.1, -0.05) is 13.8 Å². The molecule has 1 aromatic heterocycles. The fourth-order valence-electron chi connectivity index (χ4n) is 0.992. The molecule has 1 aromatic rings. The summed E-state index contributed by atoms with van der Waals surface area (Å²) in [6.45, 7) is 4.16. The summed E-state index contributed by atoms with van der Waals surface area (Å²) in [4.78, 5) is 17.4. The van der Waals surface area contributed by atoms with Gasteiger partial charge in [0.2, 0.25) is 0 Å². The molecule has 3 N–H and O–H groups in total. The van der Waals surface area contributed by atoms with Crippen molar-refractivity contribution in [1.29, 1.82) is 0 Å². The summed E-state index contributed by atoms with van der Waals surface area (Å²) in [5, 5.41) is 0. The molecular weight excluding hydrogens is 154 g/mol. The van der Waals surface area contributed by atoms with Gasteiger partial charge in [0.1, 0.15) is 0 Å². The fraction of sp³-hybridized carbons (Fsp3) is 0.500. The number of aromatic nitrogens is 2. The Hall–Kier alpha value is -1.32. The molecule has 0 fully saturated rings. The molecule has 4 nitrogen and oxygen atoms in total. The van der Waals surface area contributed by atoms with Crippen molar-refractivity contribution >= 4 is 5.82 Å². The van der Waals surface area contributed by atoms with Crippen LogP contribution in [0.1, 0.15) is 19.5 Å². The summed E-state index contributed by atoms with van der Waals surface area (Å²) in [5.74, 6) is 0.536. The van der Waals surface area contributed by atoms with Gasteiger partial charge in [0.05, 0.1) is 0 Å². The highest BCUT2D eigenvalue weighted by molar-refractivity contribution is 5.23. The monoisotopic (exact) mass is 167 g/mol. The Bertz CT molecular complexity index is 316. The third kappa shape index (κ3) is 2.08. The maximum absolute atomic E-state index is 11.0. The van der Waals surface area contributed by atoms with E-state index < -0.39 is 0 Å². The van der Waals surface area contributed by atoms with Gasteiger partial charge in [-0.2, -0.15) is 0 Å². The van der Waals surface area contributed by atoms with Crippen molar-refractivity contribution < 1.29 is 0 Å². The molecule has 0 aliphatic carbocycles. The van der Waals surface area contributed by atoms with Gasteiger partial charge < -0.3 is 10.7 Å². The van der Waals surface area contributed by atoms with Crippen molar-refractivity contribution in [3.8, 4) is 0 Å². The van der Waals surface area contributed by atoms with E-state index in [1.54, 1.807) is 6.20 Å². The second-order valence-corrected chi connectivity index (χ2v) is 3.22. The van der Waals surface area contributed by atoms with Crippen LogP contribution in [0.5, 0.6) is 0 Å². The zero-order valence-corrected chi connectivity index (χ0v) is 7.29. The number of rotatable bonds is 2. The van der Waals surface area contributed by atoms with Crippen LogP contribution >= 0.6 is 0 Å². The molecule has 1 rings (SSSR count). The third-order valence-electron chi connectivity index (χ3n) is 1.49. The van der Waals surface area contributed by atoms with Crippen molar-refractivity contribution in [2.24, 2.45) is 5.92 Å². The maximum atomic E-state index is 11.0. The van der Waals surface area contributed by atoms with Crippen molar-refractivity contribution in [2.45, 2.75) is 20.3 Å². The predicted octanol–water partition coefficient (Wildman–Crippen LogP) is 0.551. The van der Waals surface area contributed by atoms with Gasteiger partial charge in [-0.25, -0.2) is 4.98 Å². The lowest BCUT2D eigenvalue weighted by Gasteiger charge is -2.03. The molecule has 0 unspecified atom stereocenters. The second-order valence-electron chi connectivity index (χ2n) is 3.22. The summed E-state index contributed by atoms with van der Waals surface area (Å²) in [6.07, 6.45) is 2.43. The topological polar surface area (TPSA) is 71.8 Å². The van der Waals surface area contributed by atoms with E-state index in [4.69, 9.17) is 5.73 Å². The standard InChI is InChI=1S/C8H13N3O/c1-5(2)3-6-4-10-7(9)8(12)11-6/h4-5H,3H2,1-2H3,(H2,9,10)(H,11,12). The third-order valence-corrected chi connectivity index (χ3v) is 1.49. The zero-order chi connectivity index (χ0) is 9.14. The van der Waals surface area contributed by atoms with Gasteiger partial charge in [-0.15, -0.1) is 0 Å². The highest BCUT2D eigenvalue weighted by atomic mass is 16.1. The van der Waals surface area contributed by atoms with Gasteiger partial charge in [0.25, 0.3) is 5.56 Å². The van der Waals surface area contributed by atoms with E-state index in [9.17, 15) is 4.79 Å². The lowest BCUT2D eigenvalue weighted by Crippen LogP contribution is -2.16. The second kappa shape index (κ2) is 3.38. The summed E-state index contributed by atoms with van der Waals surface area (Å²) >= 11 is 0. The minimum atomic E-state index is -0.298. The van der Waals surface area contributed by atoms with E-state index >= 15 is 0 Å². The fourth-order valence-corrected chi connectivity index (χ4v) is 0.992. The van der Waals surface area contributed by atoms with Crippen molar-refractivity contribution in [1.82, 2.24) is 9.97 Å². The van der Waals surface area contributed by atoms with Gasteiger partial charge in [-0.05, 0) is 12.3 Å². The van der Waals surface area contributed by atoms with Crippen molar-refractivity contribution in [2.75, 3.05) is 5.73 Å². The molecule has 0 amide bonds. The summed E-state index contributed by atoms with van der Waals surface area (Å²) in [6, 6.07) is 0.